The third kappa shape index (κ3) is 4.94. The number of carbonyl (C=O) groups is 2. The molecule has 0 atom stereocenters. The lowest BCUT2D eigenvalue weighted by molar-refractivity contribution is -0.385. The first-order valence-electron chi connectivity index (χ1n) is 5.43. The first kappa shape index (κ1) is 16.1. The summed E-state index contributed by atoms with van der Waals surface area (Å²) in [5.41, 5.74) is -0.389. The van der Waals surface area contributed by atoms with Crippen LogP contribution in [0.25, 0.3) is 0 Å². The van der Waals surface area contributed by atoms with Gasteiger partial charge in [0.05, 0.1) is 11.5 Å². The number of aliphatic carboxylic acids is 1. The predicted octanol–water partition coefficient (Wildman–Crippen LogP) is 1.19. The maximum absolute atomic E-state index is 11.8. The number of halogens is 1. The number of carboxylic acid groups (broad SMARTS) is 1. The van der Waals surface area contributed by atoms with Crippen molar-refractivity contribution in [1.82, 2.24) is 5.32 Å². The van der Waals surface area contributed by atoms with Crippen molar-refractivity contribution in [3.05, 3.63) is 38.3 Å². The number of nitro benzene ring substituents is 1. The van der Waals surface area contributed by atoms with Crippen LogP contribution in [0.4, 0.5) is 5.69 Å². The van der Waals surface area contributed by atoms with Gasteiger partial charge in [0.15, 0.2) is 0 Å². The van der Waals surface area contributed by atoms with Gasteiger partial charge in [0.1, 0.15) is 12.2 Å². The maximum atomic E-state index is 11.8. The highest BCUT2D eigenvalue weighted by atomic mass is 79.9. The second kappa shape index (κ2) is 7.56. The van der Waals surface area contributed by atoms with Crippen LogP contribution in [-0.4, -0.2) is 41.7 Å². The molecule has 0 aliphatic heterocycles. The normalized spacial score (nSPS) is 10.1. The minimum Gasteiger partial charge on any atom is -0.480 e. The first-order chi connectivity index (χ1) is 9.41. The highest BCUT2D eigenvalue weighted by Crippen LogP contribution is 2.23. The Kier molecular flexibility index (Phi) is 6.07. The molecule has 108 valence electrons. The lowest BCUT2D eigenvalue weighted by Gasteiger charge is -2.06. The molecule has 1 aromatic carbocycles. The fraction of sp³-hybridized carbons (Fsp3) is 0.273. The molecule has 0 saturated heterocycles. The van der Waals surface area contributed by atoms with Crippen LogP contribution in [0.15, 0.2) is 22.7 Å². The van der Waals surface area contributed by atoms with Crippen LogP contribution in [0.1, 0.15) is 10.4 Å². The largest absolute Gasteiger partial charge is 0.480 e. The monoisotopic (exact) mass is 346 g/mol. The Labute approximate surface area is 122 Å². The lowest BCUT2D eigenvalue weighted by Crippen LogP contribution is -2.28. The standard InChI is InChI=1S/C11H11BrN2O6/c12-7-1-2-8(9(5-7)14(18)19)11(17)13-3-4-20-6-10(15)16/h1-2,5H,3-4,6H2,(H,13,17)(H,15,16). The van der Waals surface area contributed by atoms with Gasteiger partial charge in [-0.1, -0.05) is 15.9 Å². The molecule has 0 radical (unpaired) electrons. The molecule has 9 heteroatoms. The van der Waals surface area contributed by atoms with Crippen molar-refractivity contribution in [3.8, 4) is 0 Å². The van der Waals surface area contributed by atoms with Gasteiger partial charge in [-0.25, -0.2) is 4.79 Å². The zero-order chi connectivity index (χ0) is 15.1. The van der Waals surface area contributed by atoms with Gasteiger partial charge >= 0.3 is 5.97 Å². The molecule has 1 aromatic rings. The van der Waals surface area contributed by atoms with Crippen molar-refractivity contribution in [2.75, 3.05) is 19.8 Å². The Hall–Kier alpha value is -2.00. The second-order valence-electron chi connectivity index (χ2n) is 3.62. The quantitative estimate of drug-likeness (QED) is 0.434. The Morgan fingerprint density at radius 3 is 2.75 bits per heavy atom. The van der Waals surface area contributed by atoms with Gasteiger partial charge in [0.2, 0.25) is 0 Å². The molecular formula is C11H11BrN2O6. The maximum Gasteiger partial charge on any atom is 0.329 e. The van der Waals surface area contributed by atoms with Gasteiger partial charge < -0.3 is 15.2 Å². The van der Waals surface area contributed by atoms with Crippen molar-refractivity contribution < 1.29 is 24.4 Å². The molecule has 0 aliphatic rings. The van der Waals surface area contributed by atoms with Crippen molar-refractivity contribution >= 4 is 33.5 Å². The summed E-state index contributed by atoms with van der Waals surface area (Å²) in [5.74, 6) is -1.73. The molecule has 0 aliphatic carbocycles. The topological polar surface area (TPSA) is 119 Å². The molecule has 0 heterocycles. The van der Waals surface area contributed by atoms with E-state index in [4.69, 9.17) is 9.84 Å². The smallest absolute Gasteiger partial charge is 0.329 e. The second-order valence-corrected chi connectivity index (χ2v) is 4.54. The molecular weight excluding hydrogens is 336 g/mol. The van der Waals surface area contributed by atoms with Gasteiger partial charge in [0, 0.05) is 17.1 Å². The predicted molar refractivity (Wildman–Crippen MR) is 71.6 cm³/mol. The molecule has 0 fully saturated rings. The molecule has 0 aromatic heterocycles. The summed E-state index contributed by atoms with van der Waals surface area (Å²) in [5, 5.41) is 21.6. The molecule has 20 heavy (non-hydrogen) atoms. The molecule has 1 rings (SSSR count). The number of amides is 1. The summed E-state index contributed by atoms with van der Waals surface area (Å²) in [7, 11) is 0. The number of nitrogens with one attached hydrogen (secondary N) is 1. The number of nitrogens with zero attached hydrogens (tertiary/aromatic N) is 1. The van der Waals surface area contributed by atoms with E-state index in [0.29, 0.717) is 4.47 Å². The van der Waals surface area contributed by atoms with E-state index in [0.717, 1.165) is 0 Å². The lowest BCUT2D eigenvalue weighted by atomic mass is 10.1. The van der Waals surface area contributed by atoms with Crippen LogP contribution < -0.4 is 5.32 Å². The van der Waals surface area contributed by atoms with E-state index >= 15 is 0 Å². The summed E-state index contributed by atoms with van der Waals surface area (Å²) in [6, 6.07) is 4.08. The minimum absolute atomic E-state index is 0.00235. The van der Waals surface area contributed by atoms with Crippen molar-refractivity contribution in [1.29, 1.82) is 0 Å². The summed E-state index contributed by atoms with van der Waals surface area (Å²) >= 11 is 3.09. The number of carbonyl (C=O) groups excluding carboxylic acids is 1. The van der Waals surface area contributed by atoms with Crippen molar-refractivity contribution in [3.63, 3.8) is 0 Å². The van der Waals surface area contributed by atoms with E-state index in [-0.39, 0.29) is 24.4 Å². The SMILES string of the molecule is O=C(O)COCCNC(=O)c1ccc(Br)cc1[N+](=O)[O-]. The van der Waals surface area contributed by atoms with Crippen LogP contribution in [0, 0.1) is 10.1 Å². The molecule has 0 spiro atoms. The molecule has 1 amide bonds. The molecule has 8 nitrogen and oxygen atoms in total. The Morgan fingerprint density at radius 1 is 1.45 bits per heavy atom. The zero-order valence-corrected chi connectivity index (χ0v) is 11.8. The number of hydrogen-bond acceptors (Lipinski definition) is 5. The summed E-state index contributed by atoms with van der Waals surface area (Å²) in [6.07, 6.45) is 0. The van der Waals surface area contributed by atoms with Crippen LogP contribution in [-0.2, 0) is 9.53 Å². The van der Waals surface area contributed by atoms with Crippen LogP contribution in [0.5, 0.6) is 0 Å². The number of hydrogen-bond donors (Lipinski definition) is 2. The third-order valence-corrected chi connectivity index (χ3v) is 2.65. The van der Waals surface area contributed by atoms with Crippen molar-refractivity contribution in [2.45, 2.75) is 0 Å². The van der Waals surface area contributed by atoms with E-state index in [1.807, 2.05) is 0 Å². The number of nitro groups is 1. The van der Waals surface area contributed by atoms with Gasteiger partial charge in [-0.15, -0.1) is 0 Å². The Balaban J connectivity index is 2.59. The van der Waals surface area contributed by atoms with Crippen LogP contribution in [0.3, 0.4) is 0 Å². The fourth-order valence-corrected chi connectivity index (χ4v) is 1.69. The minimum atomic E-state index is -1.11. The molecule has 0 bridgehead atoms. The first-order valence-corrected chi connectivity index (χ1v) is 6.23. The Bertz CT molecular complexity index is 534. The summed E-state index contributed by atoms with van der Waals surface area (Å²) in [6.45, 7) is -0.407. The Morgan fingerprint density at radius 2 is 2.15 bits per heavy atom. The molecule has 2 N–H and O–H groups in total. The molecule has 0 unspecified atom stereocenters. The van der Waals surface area contributed by atoms with Gasteiger partial charge in [-0.05, 0) is 12.1 Å². The average molecular weight is 347 g/mol. The van der Waals surface area contributed by atoms with Crippen molar-refractivity contribution in [2.24, 2.45) is 0 Å². The number of benzene rings is 1. The van der Waals surface area contributed by atoms with Gasteiger partial charge in [-0.3, -0.25) is 14.9 Å². The fourth-order valence-electron chi connectivity index (χ4n) is 1.34. The van der Waals surface area contributed by atoms with Crippen LogP contribution >= 0.6 is 15.9 Å². The molecule has 0 saturated carbocycles. The van der Waals surface area contributed by atoms with Gasteiger partial charge in [-0.2, -0.15) is 0 Å². The highest BCUT2D eigenvalue weighted by molar-refractivity contribution is 9.10. The highest BCUT2D eigenvalue weighted by Gasteiger charge is 2.19. The van der Waals surface area contributed by atoms with E-state index in [2.05, 4.69) is 21.2 Å². The van der Waals surface area contributed by atoms with Crippen LogP contribution in [0.2, 0.25) is 0 Å². The van der Waals surface area contributed by atoms with E-state index in [9.17, 15) is 19.7 Å². The summed E-state index contributed by atoms with van der Waals surface area (Å²) in [4.78, 5) is 32.1. The number of rotatable bonds is 7. The van der Waals surface area contributed by atoms with E-state index in [1.165, 1.54) is 18.2 Å². The zero-order valence-electron chi connectivity index (χ0n) is 10.2. The summed E-state index contributed by atoms with van der Waals surface area (Å²) < 4.78 is 5.21. The number of ether oxygens (including phenoxy) is 1. The van der Waals surface area contributed by atoms with Gasteiger partial charge in [0.25, 0.3) is 11.6 Å². The third-order valence-electron chi connectivity index (χ3n) is 2.16. The average Bonchev–Trinajstić information content (AvgIpc) is 2.37. The van der Waals surface area contributed by atoms with E-state index < -0.39 is 23.4 Å². The number of carboxylic acids is 1. The van der Waals surface area contributed by atoms with E-state index in [1.54, 1.807) is 0 Å².